The van der Waals surface area contributed by atoms with Gasteiger partial charge in [-0.3, -0.25) is 10.0 Å². The van der Waals surface area contributed by atoms with E-state index in [9.17, 15) is 4.79 Å². The second-order valence-electron chi connectivity index (χ2n) is 7.20. The van der Waals surface area contributed by atoms with Crippen LogP contribution >= 0.6 is 11.8 Å². The summed E-state index contributed by atoms with van der Waals surface area (Å²) in [7, 11) is 0. The summed E-state index contributed by atoms with van der Waals surface area (Å²) in [6.45, 7) is 1.72. The number of hydrogen-bond acceptors (Lipinski definition) is 4. The number of aromatic nitrogens is 1. The van der Waals surface area contributed by atoms with Crippen molar-refractivity contribution in [3.8, 4) is 0 Å². The molecule has 1 aromatic heterocycles. The number of hydroxylamine groups is 1. The molecule has 0 unspecified atom stereocenters. The molecule has 29 heavy (non-hydrogen) atoms. The molecule has 1 aliphatic heterocycles. The number of thioether (sulfide) groups is 1. The van der Waals surface area contributed by atoms with Crippen molar-refractivity contribution in [2.75, 3.05) is 12.3 Å². The molecule has 0 radical (unpaired) electrons. The van der Waals surface area contributed by atoms with Crippen LogP contribution in [0.5, 0.6) is 0 Å². The molecule has 4 N–H and O–H groups in total. The highest BCUT2D eigenvalue weighted by Crippen LogP contribution is 2.38. The van der Waals surface area contributed by atoms with Gasteiger partial charge in [0.1, 0.15) is 0 Å². The predicted molar refractivity (Wildman–Crippen MR) is 118 cm³/mol. The lowest BCUT2D eigenvalue weighted by molar-refractivity contribution is -0.124. The SMILES string of the molecule is O=C(/C=C/c1ccc(CNCCc2cccc3[nH]c4c(c23)SCCC4)cc1)NO. The Labute approximate surface area is 174 Å². The van der Waals surface area contributed by atoms with Gasteiger partial charge in [0.15, 0.2) is 0 Å². The first-order valence-corrected chi connectivity index (χ1v) is 10.9. The lowest BCUT2D eigenvalue weighted by Crippen LogP contribution is -2.16. The molecule has 1 amide bonds. The molecule has 0 spiro atoms. The van der Waals surface area contributed by atoms with Crippen LogP contribution in [0.3, 0.4) is 0 Å². The average Bonchev–Trinajstić information content (AvgIpc) is 3.15. The fourth-order valence-electron chi connectivity index (χ4n) is 3.72. The Kier molecular flexibility index (Phi) is 6.34. The van der Waals surface area contributed by atoms with Gasteiger partial charge in [-0.2, -0.15) is 0 Å². The van der Waals surface area contributed by atoms with Gasteiger partial charge in [0.2, 0.25) is 0 Å². The van der Waals surface area contributed by atoms with Crippen LogP contribution in [0.2, 0.25) is 0 Å². The van der Waals surface area contributed by atoms with E-state index in [4.69, 9.17) is 5.21 Å². The molecule has 3 aromatic rings. The third kappa shape index (κ3) is 4.72. The van der Waals surface area contributed by atoms with Crippen LogP contribution in [0.1, 0.15) is 28.8 Å². The number of hydrogen-bond donors (Lipinski definition) is 4. The van der Waals surface area contributed by atoms with Crippen molar-refractivity contribution >= 4 is 34.6 Å². The van der Waals surface area contributed by atoms with E-state index in [0.29, 0.717) is 0 Å². The van der Waals surface area contributed by atoms with E-state index in [0.717, 1.165) is 31.5 Å². The minimum atomic E-state index is -0.534. The van der Waals surface area contributed by atoms with E-state index >= 15 is 0 Å². The summed E-state index contributed by atoms with van der Waals surface area (Å²) < 4.78 is 0. The van der Waals surface area contributed by atoms with Crippen molar-refractivity contribution < 1.29 is 10.0 Å². The predicted octanol–water partition coefficient (Wildman–Crippen LogP) is 4.06. The molecule has 4 rings (SSSR count). The molecular formula is C23H25N3O2S. The summed E-state index contributed by atoms with van der Waals surface area (Å²) in [5.41, 5.74) is 7.77. The Morgan fingerprint density at radius 1 is 1.21 bits per heavy atom. The minimum absolute atomic E-state index is 0.534. The first-order valence-electron chi connectivity index (χ1n) is 9.91. The number of carbonyl (C=O) groups is 1. The van der Waals surface area contributed by atoms with Gasteiger partial charge in [-0.1, -0.05) is 36.4 Å². The zero-order valence-electron chi connectivity index (χ0n) is 16.2. The van der Waals surface area contributed by atoms with E-state index in [1.165, 1.54) is 50.9 Å². The summed E-state index contributed by atoms with van der Waals surface area (Å²) >= 11 is 1.99. The fourth-order valence-corrected chi connectivity index (χ4v) is 4.93. The minimum Gasteiger partial charge on any atom is -0.357 e. The van der Waals surface area contributed by atoms with Crippen LogP contribution in [0.25, 0.3) is 17.0 Å². The lowest BCUT2D eigenvalue weighted by atomic mass is 10.1. The van der Waals surface area contributed by atoms with Crippen LogP contribution < -0.4 is 10.8 Å². The molecule has 2 heterocycles. The van der Waals surface area contributed by atoms with Crippen molar-refractivity contribution in [1.82, 2.24) is 15.8 Å². The molecule has 1 aliphatic rings. The molecule has 0 atom stereocenters. The van der Waals surface area contributed by atoms with E-state index in [1.807, 2.05) is 36.0 Å². The average molecular weight is 408 g/mol. The number of rotatable bonds is 7. The van der Waals surface area contributed by atoms with Crippen LogP contribution in [0.4, 0.5) is 0 Å². The third-order valence-electron chi connectivity index (χ3n) is 5.17. The number of carbonyl (C=O) groups excluding carboxylic acids is 1. The molecule has 6 heteroatoms. The van der Waals surface area contributed by atoms with Crippen LogP contribution in [-0.2, 0) is 24.2 Å². The third-order valence-corrected chi connectivity index (χ3v) is 6.40. The first-order chi connectivity index (χ1) is 14.2. The Morgan fingerprint density at radius 3 is 2.90 bits per heavy atom. The molecule has 5 nitrogen and oxygen atoms in total. The van der Waals surface area contributed by atoms with E-state index in [2.05, 4.69) is 28.5 Å². The zero-order valence-corrected chi connectivity index (χ0v) is 17.0. The maximum absolute atomic E-state index is 11.0. The maximum Gasteiger partial charge on any atom is 0.267 e. The molecule has 0 fully saturated rings. The topological polar surface area (TPSA) is 77.2 Å². The first kappa shape index (κ1) is 19.8. The molecular weight excluding hydrogens is 382 g/mol. The van der Waals surface area contributed by atoms with Crippen molar-refractivity contribution in [2.45, 2.75) is 30.7 Å². The summed E-state index contributed by atoms with van der Waals surface area (Å²) in [6.07, 6.45) is 6.37. The number of benzene rings is 2. The smallest absolute Gasteiger partial charge is 0.267 e. The number of amides is 1. The molecule has 0 bridgehead atoms. The van der Waals surface area contributed by atoms with Gasteiger partial charge in [0.25, 0.3) is 5.91 Å². The van der Waals surface area contributed by atoms with Gasteiger partial charge in [0.05, 0.1) is 0 Å². The lowest BCUT2D eigenvalue weighted by Gasteiger charge is -2.12. The van der Waals surface area contributed by atoms with Gasteiger partial charge in [-0.25, -0.2) is 5.48 Å². The van der Waals surface area contributed by atoms with E-state index < -0.39 is 5.91 Å². The highest BCUT2D eigenvalue weighted by Gasteiger charge is 2.17. The standard InChI is InChI=1S/C23H25N3O2S/c27-21(26-28)11-10-16-6-8-17(9-7-16)15-24-13-12-18-3-1-4-19-22(18)23-20(25-19)5-2-14-29-23/h1,3-4,6-11,24-25,28H,2,5,12-15H2,(H,26,27)/b11-10+. The van der Waals surface area contributed by atoms with Gasteiger partial charge < -0.3 is 10.3 Å². The number of H-pyrrole nitrogens is 1. The molecule has 2 aromatic carbocycles. The molecule has 0 saturated heterocycles. The maximum atomic E-state index is 11.0. The van der Waals surface area contributed by atoms with Crippen LogP contribution in [0, 0.1) is 0 Å². The number of aromatic amines is 1. The van der Waals surface area contributed by atoms with Gasteiger partial charge in [-0.05, 0) is 60.4 Å². The monoisotopic (exact) mass is 407 g/mol. The summed E-state index contributed by atoms with van der Waals surface area (Å²) in [5.74, 6) is 0.676. The second-order valence-corrected chi connectivity index (χ2v) is 8.31. The van der Waals surface area contributed by atoms with Crippen molar-refractivity contribution in [3.05, 3.63) is 70.9 Å². The number of aryl methyl sites for hydroxylation is 1. The number of nitrogens with one attached hydrogen (secondary N) is 3. The number of fused-ring (bicyclic) bond motifs is 3. The quantitative estimate of drug-likeness (QED) is 0.206. The summed E-state index contributed by atoms with van der Waals surface area (Å²) in [6, 6.07) is 14.6. The Hall–Kier alpha value is -2.54. The van der Waals surface area contributed by atoms with Crippen molar-refractivity contribution in [1.29, 1.82) is 0 Å². The summed E-state index contributed by atoms with van der Waals surface area (Å²) in [5, 5.41) is 13.4. The highest BCUT2D eigenvalue weighted by atomic mass is 32.2. The molecule has 150 valence electrons. The van der Waals surface area contributed by atoms with Gasteiger partial charge >= 0.3 is 0 Å². The zero-order chi connectivity index (χ0) is 20.1. The van der Waals surface area contributed by atoms with E-state index in [1.54, 1.807) is 11.6 Å². The van der Waals surface area contributed by atoms with Crippen molar-refractivity contribution in [2.24, 2.45) is 0 Å². The largest absolute Gasteiger partial charge is 0.357 e. The Bertz CT molecular complexity index is 1020. The van der Waals surface area contributed by atoms with E-state index in [-0.39, 0.29) is 0 Å². The fraction of sp³-hybridized carbons (Fsp3) is 0.261. The molecule has 0 aliphatic carbocycles. The Balaban J connectivity index is 1.34. The van der Waals surface area contributed by atoms with Crippen LogP contribution in [-0.4, -0.2) is 28.4 Å². The normalized spacial score (nSPS) is 13.7. The highest BCUT2D eigenvalue weighted by molar-refractivity contribution is 7.99. The Morgan fingerprint density at radius 2 is 2.07 bits per heavy atom. The van der Waals surface area contributed by atoms with Gasteiger partial charge in [-0.15, -0.1) is 11.8 Å². The summed E-state index contributed by atoms with van der Waals surface area (Å²) in [4.78, 5) is 16.1. The van der Waals surface area contributed by atoms with Crippen molar-refractivity contribution in [3.63, 3.8) is 0 Å². The van der Waals surface area contributed by atoms with Gasteiger partial charge in [0, 0.05) is 34.1 Å². The molecule has 0 saturated carbocycles. The van der Waals surface area contributed by atoms with Crippen LogP contribution in [0.15, 0.2) is 53.4 Å². The second kappa shape index (κ2) is 9.31.